The summed E-state index contributed by atoms with van der Waals surface area (Å²) in [4.78, 5) is 7.13. The molecule has 4 heteroatoms. The summed E-state index contributed by atoms with van der Waals surface area (Å²) in [5.41, 5.74) is 1.92. The van der Waals surface area contributed by atoms with E-state index >= 15 is 0 Å². The van der Waals surface area contributed by atoms with E-state index in [0.29, 0.717) is 5.92 Å². The molecule has 1 unspecified atom stereocenters. The van der Waals surface area contributed by atoms with E-state index in [1.165, 1.54) is 6.42 Å². The zero-order chi connectivity index (χ0) is 15.5. The Bertz CT molecular complexity index is 466. The topological polar surface area (TPSA) is 56.6 Å². The summed E-state index contributed by atoms with van der Waals surface area (Å²) >= 11 is 0. The number of aromatic nitrogens is 1. The van der Waals surface area contributed by atoms with E-state index in [0.717, 1.165) is 43.0 Å². The molecule has 0 spiro atoms. The smallest absolute Gasteiger partial charge is 0.129 e. The van der Waals surface area contributed by atoms with Crippen LogP contribution >= 0.6 is 0 Å². The van der Waals surface area contributed by atoms with E-state index in [1.54, 1.807) is 0 Å². The minimum absolute atomic E-state index is 0.0276. The lowest BCUT2D eigenvalue weighted by Crippen LogP contribution is -2.36. The maximum atomic E-state index is 9.51. The van der Waals surface area contributed by atoms with Crippen LogP contribution in [-0.2, 0) is 12.0 Å². The van der Waals surface area contributed by atoms with Crippen molar-refractivity contribution in [2.45, 2.75) is 52.1 Å². The predicted octanol–water partition coefficient (Wildman–Crippen LogP) is 2.47. The van der Waals surface area contributed by atoms with Gasteiger partial charge in [-0.15, -0.1) is 0 Å². The Balaban J connectivity index is 2.25. The first kappa shape index (κ1) is 16.2. The van der Waals surface area contributed by atoms with Crippen molar-refractivity contribution >= 4 is 5.82 Å². The standard InChI is InChI=1S/C17H28N2O2/c1-17(2,3)15-9-14(12-21)10-16(18-15)19-7-4-5-13(11-19)6-8-20/h9-10,13,20-21H,4-8,11-12H2,1-3H3. The number of hydrogen-bond acceptors (Lipinski definition) is 4. The van der Waals surface area contributed by atoms with Crippen molar-refractivity contribution in [3.8, 4) is 0 Å². The van der Waals surface area contributed by atoms with Crippen molar-refractivity contribution in [2.24, 2.45) is 5.92 Å². The zero-order valence-electron chi connectivity index (χ0n) is 13.5. The van der Waals surface area contributed by atoms with E-state index in [1.807, 2.05) is 12.1 Å². The second-order valence-electron chi connectivity index (χ2n) is 7.09. The monoisotopic (exact) mass is 292 g/mol. The Morgan fingerprint density at radius 3 is 2.67 bits per heavy atom. The molecule has 4 nitrogen and oxygen atoms in total. The maximum absolute atomic E-state index is 9.51. The number of aliphatic hydroxyl groups excluding tert-OH is 2. The molecule has 1 atom stereocenters. The molecule has 118 valence electrons. The highest BCUT2D eigenvalue weighted by atomic mass is 16.3. The lowest BCUT2D eigenvalue weighted by atomic mass is 9.90. The van der Waals surface area contributed by atoms with Crippen LogP contribution in [0.1, 0.15) is 51.3 Å². The highest BCUT2D eigenvalue weighted by molar-refractivity contribution is 5.44. The summed E-state index contributed by atoms with van der Waals surface area (Å²) < 4.78 is 0. The van der Waals surface area contributed by atoms with Gasteiger partial charge < -0.3 is 15.1 Å². The summed E-state index contributed by atoms with van der Waals surface area (Å²) in [5, 5.41) is 18.6. The molecule has 1 aromatic heterocycles. The van der Waals surface area contributed by atoms with Gasteiger partial charge in [0.05, 0.1) is 6.61 Å². The number of hydrogen-bond donors (Lipinski definition) is 2. The molecule has 2 heterocycles. The average Bonchev–Trinajstić information content (AvgIpc) is 2.46. The van der Waals surface area contributed by atoms with E-state index in [9.17, 15) is 5.11 Å². The van der Waals surface area contributed by atoms with Crippen LogP contribution in [-0.4, -0.2) is 34.9 Å². The second-order valence-corrected chi connectivity index (χ2v) is 7.09. The fourth-order valence-corrected chi connectivity index (χ4v) is 2.90. The summed E-state index contributed by atoms with van der Waals surface area (Å²) in [6.07, 6.45) is 3.19. The third-order valence-corrected chi connectivity index (χ3v) is 4.20. The third kappa shape index (κ3) is 4.17. The van der Waals surface area contributed by atoms with Crippen LogP contribution in [0.5, 0.6) is 0 Å². The molecule has 2 rings (SSSR count). The molecule has 0 bridgehead atoms. The molecule has 0 radical (unpaired) electrons. The molecule has 1 aliphatic rings. The summed E-state index contributed by atoms with van der Waals surface area (Å²) in [6.45, 7) is 8.70. The van der Waals surface area contributed by atoms with Gasteiger partial charge in [0.1, 0.15) is 5.82 Å². The minimum Gasteiger partial charge on any atom is -0.396 e. The molecule has 1 saturated heterocycles. The number of anilines is 1. The van der Waals surface area contributed by atoms with Crippen molar-refractivity contribution in [1.29, 1.82) is 0 Å². The van der Waals surface area contributed by atoms with Crippen molar-refractivity contribution in [3.63, 3.8) is 0 Å². The molecule has 21 heavy (non-hydrogen) atoms. The van der Waals surface area contributed by atoms with Gasteiger partial charge in [-0.05, 0) is 42.9 Å². The molecular formula is C17H28N2O2. The highest BCUT2D eigenvalue weighted by Crippen LogP contribution is 2.28. The number of pyridine rings is 1. The molecule has 1 fully saturated rings. The number of piperidine rings is 1. The third-order valence-electron chi connectivity index (χ3n) is 4.20. The van der Waals surface area contributed by atoms with Crippen LogP contribution in [0.15, 0.2) is 12.1 Å². The van der Waals surface area contributed by atoms with E-state index < -0.39 is 0 Å². The van der Waals surface area contributed by atoms with Crippen LogP contribution in [0.2, 0.25) is 0 Å². The molecule has 0 saturated carbocycles. The number of nitrogens with zero attached hydrogens (tertiary/aromatic N) is 2. The Labute approximate surface area is 127 Å². The quantitative estimate of drug-likeness (QED) is 0.895. The van der Waals surface area contributed by atoms with Crippen molar-refractivity contribution < 1.29 is 10.2 Å². The molecule has 1 aromatic rings. The first-order chi connectivity index (χ1) is 9.94. The van der Waals surface area contributed by atoms with Gasteiger partial charge >= 0.3 is 0 Å². The lowest BCUT2D eigenvalue weighted by Gasteiger charge is -2.34. The zero-order valence-corrected chi connectivity index (χ0v) is 13.5. The van der Waals surface area contributed by atoms with Crippen molar-refractivity contribution in [2.75, 3.05) is 24.6 Å². The summed E-state index contributed by atoms with van der Waals surface area (Å²) in [6, 6.07) is 4.00. The van der Waals surface area contributed by atoms with Crippen LogP contribution in [0, 0.1) is 5.92 Å². The fraction of sp³-hybridized carbons (Fsp3) is 0.706. The summed E-state index contributed by atoms with van der Waals surface area (Å²) in [7, 11) is 0. The molecule has 0 amide bonds. The molecular weight excluding hydrogens is 264 g/mol. The minimum atomic E-state index is -0.0276. The van der Waals surface area contributed by atoms with Gasteiger partial charge in [-0.2, -0.15) is 0 Å². The Morgan fingerprint density at radius 2 is 2.05 bits per heavy atom. The van der Waals surface area contributed by atoms with Gasteiger partial charge in [-0.25, -0.2) is 4.98 Å². The van der Waals surface area contributed by atoms with Crippen molar-refractivity contribution in [1.82, 2.24) is 4.98 Å². The van der Waals surface area contributed by atoms with Gasteiger partial charge in [-0.1, -0.05) is 20.8 Å². The largest absolute Gasteiger partial charge is 0.396 e. The lowest BCUT2D eigenvalue weighted by molar-refractivity contribution is 0.244. The number of aliphatic hydroxyl groups is 2. The van der Waals surface area contributed by atoms with Crippen LogP contribution in [0.3, 0.4) is 0 Å². The van der Waals surface area contributed by atoms with Gasteiger partial charge in [0, 0.05) is 30.8 Å². The van der Waals surface area contributed by atoms with Crippen LogP contribution in [0.4, 0.5) is 5.82 Å². The van der Waals surface area contributed by atoms with E-state index in [-0.39, 0.29) is 18.6 Å². The van der Waals surface area contributed by atoms with Gasteiger partial charge in [-0.3, -0.25) is 0 Å². The maximum Gasteiger partial charge on any atom is 0.129 e. The van der Waals surface area contributed by atoms with Gasteiger partial charge in [0.15, 0.2) is 0 Å². The first-order valence-electron chi connectivity index (χ1n) is 7.92. The van der Waals surface area contributed by atoms with E-state index in [4.69, 9.17) is 10.1 Å². The Morgan fingerprint density at radius 1 is 1.29 bits per heavy atom. The fourth-order valence-electron chi connectivity index (χ4n) is 2.90. The average molecular weight is 292 g/mol. The van der Waals surface area contributed by atoms with Crippen LogP contribution in [0.25, 0.3) is 0 Å². The molecule has 2 N–H and O–H groups in total. The van der Waals surface area contributed by atoms with Gasteiger partial charge in [0.25, 0.3) is 0 Å². The second kappa shape index (κ2) is 6.75. The van der Waals surface area contributed by atoms with Crippen molar-refractivity contribution in [3.05, 3.63) is 23.4 Å². The Hall–Kier alpha value is -1.13. The molecule has 1 aliphatic heterocycles. The van der Waals surface area contributed by atoms with Gasteiger partial charge in [0.2, 0.25) is 0 Å². The van der Waals surface area contributed by atoms with E-state index in [2.05, 4.69) is 25.7 Å². The summed E-state index contributed by atoms with van der Waals surface area (Å²) in [5.74, 6) is 1.51. The highest BCUT2D eigenvalue weighted by Gasteiger charge is 2.23. The number of rotatable bonds is 4. The predicted molar refractivity (Wildman–Crippen MR) is 85.5 cm³/mol. The molecule has 0 aliphatic carbocycles. The van der Waals surface area contributed by atoms with Crippen LogP contribution < -0.4 is 4.90 Å². The normalized spacial score (nSPS) is 19.9. The SMILES string of the molecule is CC(C)(C)c1cc(CO)cc(N2CCCC(CCO)C2)n1. The first-order valence-corrected chi connectivity index (χ1v) is 7.92. The molecule has 0 aromatic carbocycles. The Kier molecular flexibility index (Phi) is 5.22.